The van der Waals surface area contributed by atoms with E-state index in [9.17, 15) is 0 Å². The number of hydrogen-bond acceptors (Lipinski definition) is 3. The molecule has 3 heteroatoms. The summed E-state index contributed by atoms with van der Waals surface area (Å²) < 4.78 is 15.9. The molecule has 0 atom stereocenters. The van der Waals surface area contributed by atoms with Gasteiger partial charge in [-0.05, 0) is 52.7 Å². The van der Waals surface area contributed by atoms with Gasteiger partial charge in [-0.25, -0.2) is 0 Å². The first kappa shape index (κ1) is 16.2. The second-order valence-electron chi connectivity index (χ2n) is 4.30. The third-order valence-corrected chi connectivity index (χ3v) is 1.82. The maximum absolute atomic E-state index is 5.38. The van der Waals surface area contributed by atoms with Crippen LogP contribution in [0.25, 0.3) is 0 Å². The van der Waals surface area contributed by atoms with Gasteiger partial charge in [0.15, 0.2) is 0 Å². The van der Waals surface area contributed by atoms with Crippen LogP contribution in [0.1, 0.15) is 40.5 Å². The maximum atomic E-state index is 5.38. The lowest BCUT2D eigenvalue weighted by Crippen LogP contribution is -2.02. The van der Waals surface area contributed by atoms with Crippen molar-refractivity contribution in [2.45, 2.75) is 52.7 Å². The van der Waals surface area contributed by atoms with E-state index in [-0.39, 0.29) is 0 Å². The molecule has 0 aromatic rings. The minimum atomic E-state index is 0.296. The highest BCUT2D eigenvalue weighted by molar-refractivity contribution is 4.79. The highest BCUT2D eigenvalue weighted by atomic mass is 16.5. The standard InChI is InChI=1S/C14H26O3/c1-13(2)16-11-7-5-9-15-10-6-8-12-17-14(3)4/h5-6,9-10,13-14H,7-8,11-12H2,1-4H3. The smallest absolute Gasteiger partial charge is 0.0862 e. The van der Waals surface area contributed by atoms with Crippen LogP contribution < -0.4 is 0 Å². The Balaban J connectivity index is 3.25. The third kappa shape index (κ3) is 15.2. The largest absolute Gasteiger partial charge is 0.473 e. The van der Waals surface area contributed by atoms with E-state index in [1.54, 1.807) is 12.5 Å². The zero-order chi connectivity index (χ0) is 12.9. The Bertz CT molecular complexity index is 186. The lowest BCUT2D eigenvalue weighted by atomic mass is 10.4. The van der Waals surface area contributed by atoms with E-state index in [1.165, 1.54) is 0 Å². The van der Waals surface area contributed by atoms with Crippen molar-refractivity contribution < 1.29 is 14.2 Å². The zero-order valence-corrected chi connectivity index (χ0v) is 11.5. The Morgan fingerprint density at radius 1 is 0.765 bits per heavy atom. The Labute approximate surface area is 105 Å². The van der Waals surface area contributed by atoms with Crippen molar-refractivity contribution in [2.24, 2.45) is 0 Å². The van der Waals surface area contributed by atoms with E-state index < -0.39 is 0 Å². The fourth-order valence-corrected chi connectivity index (χ4v) is 1.04. The first-order chi connectivity index (χ1) is 8.13. The van der Waals surface area contributed by atoms with Gasteiger partial charge in [0.25, 0.3) is 0 Å². The lowest BCUT2D eigenvalue weighted by molar-refractivity contribution is 0.0823. The van der Waals surface area contributed by atoms with Crippen LogP contribution in [0.2, 0.25) is 0 Å². The summed E-state index contributed by atoms with van der Waals surface area (Å²) in [6.45, 7) is 9.60. The molecule has 0 N–H and O–H groups in total. The molecule has 0 bridgehead atoms. The van der Waals surface area contributed by atoms with E-state index in [1.807, 2.05) is 39.8 Å². The summed E-state index contributed by atoms with van der Waals surface area (Å²) in [5.41, 5.74) is 0. The molecular formula is C14H26O3. The van der Waals surface area contributed by atoms with Crippen molar-refractivity contribution in [1.29, 1.82) is 0 Å². The summed E-state index contributed by atoms with van der Waals surface area (Å²) in [6.07, 6.45) is 9.63. The average molecular weight is 242 g/mol. The number of hydrogen-bond donors (Lipinski definition) is 0. The van der Waals surface area contributed by atoms with Crippen molar-refractivity contribution >= 4 is 0 Å². The van der Waals surface area contributed by atoms with Gasteiger partial charge in [-0.3, -0.25) is 0 Å². The van der Waals surface area contributed by atoms with Crippen molar-refractivity contribution in [3.05, 3.63) is 24.7 Å². The van der Waals surface area contributed by atoms with Gasteiger partial charge in [0.2, 0.25) is 0 Å². The van der Waals surface area contributed by atoms with Crippen LogP contribution in [0.3, 0.4) is 0 Å². The van der Waals surface area contributed by atoms with Crippen LogP contribution in [0.4, 0.5) is 0 Å². The van der Waals surface area contributed by atoms with Crippen LogP contribution in [-0.4, -0.2) is 25.4 Å². The number of ether oxygens (including phenoxy) is 3. The highest BCUT2D eigenvalue weighted by Gasteiger charge is 1.90. The van der Waals surface area contributed by atoms with Gasteiger partial charge in [0.05, 0.1) is 37.9 Å². The molecular weight excluding hydrogens is 216 g/mol. The Hall–Kier alpha value is -0.800. The minimum Gasteiger partial charge on any atom is -0.473 e. The van der Waals surface area contributed by atoms with E-state index in [0.29, 0.717) is 12.2 Å². The second-order valence-corrected chi connectivity index (χ2v) is 4.30. The Morgan fingerprint density at radius 3 is 1.53 bits per heavy atom. The van der Waals surface area contributed by atoms with Gasteiger partial charge in [-0.2, -0.15) is 0 Å². The van der Waals surface area contributed by atoms with Gasteiger partial charge in [-0.15, -0.1) is 0 Å². The van der Waals surface area contributed by atoms with Crippen LogP contribution >= 0.6 is 0 Å². The maximum Gasteiger partial charge on any atom is 0.0862 e. The van der Waals surface area contributed by atoms with Crippen molar-refractivity contribution in [1.82, 2.24) is 0 Å². The number of rotatable bonds is 10. The summed E-state index contributed by atoms with van der Waals surface area (Å²) in [7, 11) is 0. The predicted molar refractivity (Wildman–Crippen MR) is 70.8 cm³/mol. The van der Waals surface area contributed by atoms with Gasteiger partial charge in [-0.1, -0.05) is 0 Å². The first-order valence-corrected chi connectivity index (χ1v) is 6.31. The van der Waals surface area contributed by atoms with Gasteiger partial charge < -0.3 is 14.2 Å². The summed E-state index contributed by atoms with van der Waals surface area (Å²) in [5.74, 6) is 0. The quantitative estimate of drug-likeness (QED) is 0.432. The van der Waals surface area contributed by atoms with Gasteiger partial charge >= 0.3 is 0 Å². The topological polar surface area (TPSA) is 27.7 Å². The molecule has 0 amide bonds. The Kier molecular flexibility index (Phi) is 11.1. The molecule has 0 radical (unpaired) electrons. The van der Waals surface area contributed by atoms with Gasteiger partial charge in [0.1, 0.15) is 0 Å². The molecule has 0 saturated carbocycles. The second kappa shape index (κ2) is 11.7. The molecule has 0 aliphatic carbocycles. The predicted octanol–water partition coefficient (Wildman–Crippen LogP) is 3.66. The highest BCUT2D eigenvalue weighted by Crippen LogP contribution is 1.94. The van der Waals surface area contributed by atoms with Gasteiger partial charge in [0, 0.05) is 0 Å². The molecule has 0 rings (SSSR count). The monoisotopic (exact) mass is 242 g/mol. The molecule has 3 nitrogen and oxygen atoms in total. The van der Waals surface area contributed by atoms with Crippen molar-refractivity contribution in [3.63, 3.8) is 0 Å². The van der Waals surface area contributed by atoms with Crippen LogP contribution in [0.15, 0.2) is 24.7 Å². The summed E-state index contributed by atoms with van der Waals surface area (Å²) in [6, 6.07) is 0. The summed E-state index contributed by atoms with van der Waals surface area (Å²) >= 11 is 0. The fourth-order valence-electron chi connectivity index (χ4n) is 1.04. The average Bonchev–Trinajstić information content (AvgIpc) is 2.25. The molecule has 0 aromatic heterocycles. The third-order valence-electron chi connectivity index (χ3n) is 1.82. The van der Waals surface area contributed by atoms with E-state index in [2.05, 4.69) is 0 Å². The van der Waals surface area contributed by atoms with E-state index in [4.69, 9.17) is 14.2 Å². The molecule has 0 fully saturated rings. The van der Waals surface area contributed by atoms with Crippen LogP contribution in [0.5, 0.6) is 0 Å². The van der Waals surface area contributed by atoms with E-state index in [0.717, 1.165) is 26.1 Å². The summed E-state index contributed by atoms with van der Waals surface area (Å²) in [4.78, 5) is 0. The van der Waals surface area contributed by atoms with Crippen molar-refractivity contribution in [2.75, 3.05) is 13.2 Å². The van der Waals surface area contributed by atoms with E-state index >= 15 is 0 Å². The molecule has 0 aliphatic heterocycles. The summed E-state index contributed by atoms with van der Waals surface area (Å²) in [5, 5.41) is 0. The molecule has 0 aromatic carbocycles. The van der Waals surface area contributed by atoms with Crippen LogP contribution in [0, 0.1) is 0 Å². The Morgan fingerprint density at radius 2 is 1.18 bits per heavy atom. The molecule has 0 saturated heterocycles. The SMILES string of the molecule is CC(C)OCCC=COC=CCCOC(C)C. The lowest BCUT2D eigenvalue weighted by Gasteiger charge is -2.04. The zero-order valence-electron chi connectivity index (χ0n) is 11.5. The molecule has 100 valence electrons. The molecule has 0 heterocycles. The fraction of sp³-hybridized carbons (Fsp3) is 0.714. The molecule has 17 heavy (non-hydrogen) atoms. The van der Waals surface area contributed by atoms with Crippen LogP contribution in [-0.2, 0) is 14.2 Å². The molecule has 0 unspecified atom stereocenters. The normalized spacial score (nSPS) is 12.4. The molecule has 0 aliphatic rings. The molecule has 0 spiro atoms. The first-order valence-electron chi connectivity index (χ1n) is 6.31. The van der Waals surface area contributed by atoms with Crippen molar-refractivity contribution in [3.8, 4) is 0 Å². The minimum absolute atomic E-state index is 0.296.